The highest BCUT2D eigenvalue weighted by atomic mass is 79.9. The van der Waals surface area contributed by atoms with Crippen molar-refractivity contribution in [2.24, 2.45) is 0 Å². The molecule has 19 heavy (non-hydrogen) atoms. The molecule has 0 bridgehead atoms. The van der Waals surface area contributed by atoms with Crippen LogP contribution in [0.3, 0.4) is 0 Å². The Balaban J connectivity index is 1.86. The monoisotopic (exact) mass is 326 g/mol. The predicted octanol–water partition coefficient (Wildman–Crippen LogP) is 2.43. The number of methoxy groups -OCH3 is 1. The highest BCUT2D eigenvalue weighted by Gasteiger charge is 2.18. The third kappa shape index (κ3) is 4.04. The summed E-state index contributed by atoms with van der Waals surface area (Å²) in [5.41, 5.74) is 4.55. The summed E-state index contributed by atoms with van der Waals surface area (Å²) in [4.78, 5) is 20.7. The van der Waals surface area contributed by atoms with Gasteiger partial charge in [-0.1, -0.05) is 0 Å². The van der Waals surface area contributed by atoms with E-state index >= 15 is 0 Å². The number of carbonyl (C=O) groups excluding carboxylic acids is 1. The third-order valence-corrected chi connectivity index (χ3v) is 3.24. The maximum absolute atomic E-state index is 11.0. The fraction of sp³-hybridized carbons (Fsp3) is 0.385. The minimum atomic E-state index is -0.190. The van der Waals surface area contributed by atoms with Gasteiger partial charge in [0.25, 0.3) is 0 Å². The standard InChI is InChI=1S/C13H15BrN2O3/c1-18-13(17)4-2-3-10-7-12(16-19-10)11-6-5-9(14)8-15-11/h5-8,10,16H,2-4H2,1H3. The van der Waals surface area contributed by atoms with E-state index in [0.717, 1.165) is 28.7 Å². The molecule has 1 aliphatic heterocycles. The molecule has 2 heterocycles. The molecule has 0 amide bonds. The molecule has 6 heteroatoms. The van der Waals surface area contributed by atoms with E-state index in [2.05, 4.69) is 31.1 Å². The summed E-state index contributed by atoms with van der Waals surface area (Å²) in [6, 6.07) is 3.83. The Kier molecular flexibility index (Phi) is 4.93. The van der Waals surface area contributed by atoms with Gasteiger partial charge in [-0.2, -0.15) is 0 Å². The second-order valence-corrected chi connectivity index (χ2v) is 5.08. The summed E-state index contributed by atoms with van der Waals surface area (Å²) in [6.45, 7) is 0. The van der Waals surface area contributed by atoms with E-state index in [1.807, 2.05) is 18.2 Å². The molecule has 0 saturated heterocycles. The first-order chi connectivity index (χ1) is 9.19. The molecule has 0 aliphatic carbocycles. The van der Waals surface area contributed by atoms with Gasteiger partial charge in [-0.3, -0.25) is 20.1 Å². The summed E-state index contributed by atoms with van der Waals surface area (Å²) < 4.78 is 5.53. The minimum Gasteiger partial charge on any atom is -0.469 e. The number of nitrogens with zero attached hydrogens (tertiary/aromatic N) is 1. The fourth-order valence-corrected chi connectivity index (χ4v) is 1.99. The molecule has 2 rings (SSSR count). The van der Waals surface area contributed by atoms with Crippen molar-refractivity contribution < 1.29 is 14.4 Å². The number of hydrogen-bond donors (Lipinski definition) is 1. The number of aromatic nitrogens is 1. The smallest absolute Gasteiger partial charge is 0.305 e. The maximum atomic E-state index is 11.0. The van der Waals surface area contributed by atoms with E-state index in [1.165, 1.54) is 7.11 Å². The number of esters is 1. The van der Waals surface area contributed by atoms with Gasteiger partial charge in [-0.05, 0) is 47.0 Å². The van der Waals surface area contributed by atoms with Crippen LogP contribution in [0.15, 0.2) is 28.9 Å². The lowest BCUT2D eigenvalue weighted by molar-refractivity contribution is -0.140. The van der Waals surface area contributed by atoms with Crippen LogP contribution >= 0.6 is 15.9 Å². The average Bonchev–Trinajstić information content (AvgIpc) is 2.88. The molecular weight excluding hydrogens is 312 g/mol. The number of hydroxylamine groups is 1. The van der Waals surface area contributed by atoms with Crippen LogP contribution in [0.5, 0.6) is 0 Å². The summed E-state index contributed by atoms with van der Waals surface area (Å²) >= 11 is 3.34. The van der Waals surface area contributed by atoms with Gasteiger partial charge >= 0.3 is 5.97 Å². The molecule has 0 fully saturated rings. The van der Waals surface area contributed by atoms with Crippen molar-refractivity contribution in [2.75, 3.05) is 7.11 Å². The third-order valence-electron chi connectivity index (χ3n) is 2.77. The van der Waals surface area contributed by atoms with Gasteiger partial charge in [0.2, 0.25) is 0 Å². The van der Waals surface area contributed by atoms with Crippen molar-refractivity contribution in [3.63, 3.8) is 0 Å². The number of halogens is 1. The second kappa shape index (κ2) is 6.68. The molecule has 1 unspecified atom stereocenters. The van der Waals surface area contributed by atoms with Crippen molar-refractivity contribution in [3.05, 3.63) is 34.6 Å². The number of ether oxygens (including phenoxy) is 1. The minimum absolute atomic E-state index is 0.0369. The van der Waals surface area contributed by atoms with Crippen molar-refractivity contribution >= 4 is 27.6 Å². The highest BCUT2D eigenvalue weighted by molar-refractivity contribution is 9.10. The van der Waals surface area contributed by atoms with Gasteiger partial charge in [0.1, 0.15) is 6.10 Å². The summed E-state index contributed by atoms with van der Waals surface area (Å²) in [7, 11) is 1.40. The van der Waals surface area contributed by atoms with Crippen LogP contribution in [-0.4, -0.2) is 24.2 Å². The Morgan fingerprint density at radius 2 is 2.42 bits per heavy atom. The van der Waals surface area contributed by atoms with E-state index in [0.29, 0.717) is 6.42 Å². The number of nitrogens with one attached hydrogen (secondary N) is 1. The molecule has 5 nitrogen and oxygen atoms in total. The lowest BCUT2D eigenvalue weighted by atomic mass is 10.1. The number of hydrogen-bond acceptors (Lipinski definition) is 5. The van der Waals surface area contributed by atoms with E-state index in [-0.39, 0.29) is 12.1 Å². The van der Waals surface area contributed by atoms with Gasteiger partial charge in [-0.15, -0.1) is 0 Å². The summed E-state index contributed by atoms with van der Waals surface area (Å²) in [5, 5.41) is 0. The van der Waals surface area contributed by atoms with Gasteiger partial charge in [0.05, 0.1) is 18.5 Å². The molecule has 1 aliphatic rings. The Morgan fingerprint density at radius 1 is 1.58 bits per heavy atom. The van der Waals surface area contributed by atoms with Crippen molar-refractivity contribution in [2.45, 2.75) is 25.4 Å². The first-order valence-corrected chi connectivity index (χ1v) is 6.80. The normalized spacial score (nSPS) is 17.8. The largest absolute Gasteiger partial charge is 0.469 e. The van der Waals surface area contributed by atoms with Crippen LogP contribution in [0.2, 0.25) is 0 Å². The molecule has 0 spiro atoms. The van der Waals surface area contributed by atoms with Gasteiger partial charge < -0.3 is 4.74 Å². The van der Waals surface area contributed by atoms with Crippen LogP contribution in [0.4, 0.5) is 0 Å². The van der Waals surface area contributed by atoms with Crippen LogP contribution in [0, 0.1) is 0 Å². The van der Waals surface area contributed by atoms with Gasteiger partial charge in [0, 0.05) is 17.1 Å². The Hall–Kier alpha value is -1.40. The SMILES string of the molecule is COC(=O)CCCC1C=C(c2ccc(Br)cn2)NO1. The van der Waals surface area contributed by atoms with Crippen LogP contribution in [-0.2, 0) is 14.4 Å². The van der Waals surface area contributed by atoms with Crippen molar-refractivity contribution in [1.29, 1.82) is 0 Å². The molecule has 0 radical (unpaired) electrons. The van der Waals surface area contributed by atoms with Crippen molar-refractivity contribution in [3.8, 4) is 0 Å². The lowest BCUT2D eigenvalue weighted by Crippen LogP contribution is -2.13. The van der Waals surface area contributed by atoms with Gasteiger partial charge in [0.15, 0.2) is 0 Å². The molecule has 0 aromatic carbocycles. The van der Waals surface area contributed by atoms with E-state index in [4.69, 9.17) is 4.84 Å². The zero-order valence-electron chi connectivity index (χ0n) is 10.6. The first-order valence-electron chi connectivity index (χ1n) is 6.01. The predicted molar refractivity (Wildman–Crippen MR) is 73.8 cm³/mol. The molecule has 0 saturated carbocycles. The topological polar surface area (TPSA) is 60.5 Å². The van der Waals surface area contributed by atoms with Crippen LogP contribution in [0.1, 0.15) is 25.0 Å². The highest BCUT2D eigenvalue weighted by Crippen LogP contribution is 2.20. The lowest BCUT2D eigenvalue weighted by Gasteiger charge is -2.06. The molecule has 1 aromatic rings. The summed E-state index contributed by atoms with van der Waals surface area (Å²) in [6.07, 6.45) is 5.59. The van der Waals surface area contributed by atoms with Crippen LogP contribution < -0.4 is 5.48 Å². The molecule has 1 N–H and O–H groups in total. The van der Waals surface area contributed by atoms with E-state index in [1.54, 1.807) is 6.20 Å². The fourth-order valence-electron chi connectivity index (χ4n) is 1.76. The zero-order valence-corrected chi connectivity index (χ0v) is 12.1. The summed E-state index contributed by atoms with van der Waals surface area (Å²) in [5.74, 6) is -0.190. The number of carbonyl (C=O) groups is 1. The molecule has 102 valence electrons. The Labute approximate surface area is 120 Å². The molecular formula is C13H15BrN2O3. The quantitative estimate of drug-likeness (QED) is 0.842. The molecule has 1 aromatic heterocycles. The van der Waals surface area contributed by atoms with E-state index < -0.39 is 0 Å². The molecule has 1 atom stereocenters. The van der Waals surface area contributed by atoms with Gasteiger partial charge in [-0.25, -0.2) is 0 Å². The van der Waals surface area contributed by atoms with Crippen molar-refractivity contribution in [1.82, 2.24) is 10.5 Å². The Morgan fingerprint density at radius 3 is 3.11 bits per heavy atom. The van der Waals surface area contributed by atoms with Crippen LogP contribution in [0.25, 0.3) is 5.70 Å². The Bertz CT molecular complexity index is 473. The first kappa shape index (κ1) is 14.0. The number of rotatable bonds is 5. The zero-order chi connectivity index (χ0) is 13.7. The second-order valence-electron chi connectivity index (χ2n) is 4.17. The number of pyridine rings is 1. The van der Waals surface area contributed by atoms with E-state index in [9.17, 15) is 4.79 Å². The average molecular weight is 327 g/mol. The maximum Gasteiger partial charge on any atom is 0.305 e.